The van der Waals surface area contributed by atoms with E-state index in [1.165, 1.54) is 44.1 Å². The van der Waals surface area contributed by atoms with Gasteiger partial charge in [0.1, 0.15) is 5.75 Å². The predicted octanol–water partition coefficient (Wildman–Crippen LogP) is 4.34. The number of benzene rings is 1. The highest BCUT2D eigenvalue weighted by atomic mass is 16.5. The van der Waals surface area contributed by atoms with Crippen LogP contribution in [0.4, 0.5) is 0 Å². The Morgan fingerprint density at radius 2 is 1.90 bits per heavy atom. The van der Waals surface area contributed by atoms with Crippen LogP contribution in [-0.4, -0.2) is 6.61 Å². The standard InChI is InChI=1S/C18H30N2O/c1-2-14-21-17-11-9-16(10-12-17)18(20-19)13-8-15-6-4-3-5-7-15/h9-12,15,18,20H,2-8,13-14,19H2,1H3. The summed E-state index contributed by atoms with van der Waals surface area (Å²) in [5.41, 5.74) is 4.24. The van der Waals surface area contributed by atoms with Crippen LogP contribution in [0.3, 0.4) is 0 Å². The summed E-state index contributed by atoms with van der Waals surface area (Å²) >= 11 is 0. The number of nitrogens with one attached hydrogen (secondary N) is 1. The third-order valence-electron chi connectivity index (χ3n) is 4.54. The zero-order valence-corrected chi connectivity index (χ0v) is 13.3. The van der Waals surface area contributed by atoms with E-state index in [1.807, 2.05) is 0 Å². The first kappa shape index (κ1) is 16.3. The van der Waals surface area contributed by atoms with E-state index < -0.39 is 0 Å². The molecule has 3 heteroatoms. The molecule has 1 aliphatic carbocycles. The average molecular weight is 290 g/mol. The Balaban J connectivity index is 1.84. The van der Waals surface area contributed by atoms with Gasteiger partial charge >= 0.3 is 0 Å². The molecule has 0 spiro atoms. The summed E-state index contributed by atoms with van der Waals surface area (Å²) in [6.45, 7) is 2.90. The first-order valence-electron chi connectivity index (χ1n) is 8.52. The van der Waals surface area contributed by atoms with Crippen molar-refractivity contribution in [1.82, 2.24) is 5.43 Å². The van der Waals surface area contributed by atoms with Gasteiger partial charge in [0, 0.05) is 6.04 Å². The lowest BCUT2D eigenvalue weighted by Crippen LogP contribution is -2.28. The Morgan fingerprint density at radius 3 is 2.52 bits per heavy atom. The molecule has 0 amide bonds. The molecule has 1 aliphatic rings. The second kappa shape index (κ2) is 9.06. The van der Waals surface area contributed by atoms with Crippen LogP contribution in [-0.2, 0) is 0 Å². The van der Waals surface area contributed by atoms with Gasteiger partial charge in [-0.1, -0.05) is 51.2 Å². The van der Waals surface area contributed by atoms with Crippen LogP contribution >= 0.6 is 0 Å². The smallest absolute Gasteiger partial charge is 0.119 e. The number of ether oxygens (including phenoxy) is 1. The van der Waals surface area contributed by atoms with Crippen LogP contribution in [0.5, 0.6) is 5.75 Å². The SMILES string of the molecule is CCCOc1ccc(C(CCC2CCCCC2)NN)cc1. The summed E-state index contributed by atoms with van der Waals surface area (Å²) in [5.74, 6) is 7.61. The zero-order valence-electron chi connectivity index (χ0n) is 13.3. The normalized spacial score (nSPS) is 17.6. The molecule has 1 aromatic rings. The van der Waals surface area contributed by atoms with Gasteiger partial charge < -0.3 is 4.74 Å². The van der Waals surface area contributed by atoms with Crippen molar-refractivity contribution in [3.63, 3.8) is 0 Å². The van der Waals surface area contributed by atoms with Crippen molar-refractivity contribution in [3.05, 3.63) is 29.8 Å². The summed E-state index contributed by atoms with van der Waals surface area (Å²) in [6, 6.07) is 8.63. The van der Waals surface area contributed by atoms with Crippen LogP contribution in [0.1, 0.15) is 69.9 Å². The van der Waals surface area contributed by atoms with Crippen LogP contribution in [0.25, 0.3) is 0 Å². The fourth-order valence-corrected chi connectivity index (χ4v) is 3.24. The molecular weight excluding hydrogens is 260 g/mol. The van der Waals surface area contributed by atoms with Crippen molar-refractivity contribution in [3.8, 4) is 5.75 Å². The largest absolute Gasteiger partial charge is 0.494 e. The molecule has 118 valence electrons. The van der Waals surface area contributed by atoms with E-state index in [2.05, 4.69) is 36.6 Å². The van der Waals surface area contributed by atoms with Crippen LogP contribution < -0.4 is 16.0 Å². The molecule has 0 aliphatic heterocycles. The summed E-state index contributed by atoms with van der Waals surface area (Å²) in [5, 5.41) is 0. The monoisotopic (exact) mass is 290 g/mol. The van der Waals surface area contributed by atoms with Crippen molar-refractivity contribution in [2.24, 2.45) is 11.8 Å². The maximum Gasteiger partial charge on any atom is 0.119 e. The number of rotatable bonds is 8. The summed E-state index contributed by atoms with van der Waals surface area (Å²) in [4.78, 5) is 0. The first-order valence-corrected chi connectivity index (χ1v) is 8.52. The Kier molecular flexibility index (Phi) is 7.04. The topological polar surface area (TPSA) is 47.3 Å². The van der Waals surface area contributed by atoms with Crippen molar-refractivity contribution in [2.75, 3.05) is 6.61 Å². The van der Waals surface area contributed by atoms with Crippen LogP contribution in [0.15, 0.2) is 24.3 Å². The van der Waals surface area contributed by atoms with E-state index >= 15 is 0 Å². The minimum absolute atomic E-state index is 0.257. The van der Waals surface area contributed by atoms with Gasteiger partial charge in [-0.3, -0.25) is 11.3 Å². The highest BCUT2D eigenvalue weighted by Gasteiger charge is 2.16. The number of nitrogens with two attached hydrogens (primary N) is 1. The van der Waals surface area contributed by atoms with Crippen molar-refractivity contribution >= 4 is 0 Å². The second-order valence-corrected chi connectivity index (χ2v) is 6.22. The van der Waals surface area contributed by atoms with Crippen LogP contribution in [0, 0.1) is 5.92 Å². The molecule has 1 atom stereocenters. The van der Waals surface area contributed by atoms with E-state index in [0.29, 0.717) is 0 Å². The second-order valence-electron chi connectivity index (χ2n) is 6.22. The Bertz CT molecular complexity index is 385. The van der Waals surface area contributed by atoms with Gasteiger partial charge in [0.25, 0.3) is 0 Å². The third kappa shape index (κ3) is 5.33. The zero-order chi connectivity index (χ0) is 14.9. The molecule has 1 saturated carbocycles. The lowest BCUT2D eigenvalue weighted by atomic mass is 9.84. The summed E-state index contributed by atoms with van der Waals surface area (Å²) in [7, 11) is 0. The number of hydrazine groups is 1. The lowest BCUT2D eigenvalue weighted by molar-refractivity contribution is 0.313. The van der Waals surface area contributed by atoms with E-state index in [9.17, 15) is 0 Å². The minimum atomic E-state index is 0.257. The molecule has 0 radical (unpaired) electrons. The molecule has 0 saturated heterocycles. The molecule has 1 fully saturated rings. The van der Waals surface area contributed by atoms with Crippen LogP contribution in [0.2, 0.25) is 0 Å². The molecule has 0 aromatic heterocycles. The highest BCUT2D eigenvalue weighted by molar-refractivity contribution is 5.29. The molecule has 0 heterocycles. The van der Waals surface area contributed by atoms with Crippen molar-refractivity contribution < 1.29 is 4.74 Å². The molecule has 3 nitrogen and oxygen atoms in total. The van der Waals surface area contributed by atoms with Gasteiger partial charge in [0.2, 0.25) is 0 Å². The summed E-state index contributed by atoms with van der Waals surface area (Å²) in [6.07, 6.45) is 10.5. The van der Waals surface area contributed by atoms with Crippen molar-refractivity contribution in [2.45, 2.75) is 64.3 Å². The molecule has 1 aromatic carbocycles. The maximum absolute atomic E-state index is 5.76. The summed E-state index contributed by atoms with van der Waals surface area (Å²) < 4.78 is 5.63. The van der Waals surface area contributed by atoms with E-state index in [4.69, 9.17) is 10.6 Å². The van der Waals surface area contributed by atoms with Gasteiger partial charge in [-0.25, -0.2) is 0 Å². The minimum Gasteiger partial charge on any atom is -0.494 e. The van der Waals surface area contributed by atoms with Gasteiger partial charge in [0.15, 0.2) is 0 Å². The molecule has 1 unspecified atom stereocenters. The van der Waals surface area contributed by atoms with Gasteiger partial charge in [-0.2, -0.15) is 0 Å². The lowest BCUT2D eigenvalue weighted by Gasteiger charge is -2.24. The van der Waals surface area contributed by atoms with E-state index in [1.54, 1.807) is 0 Å². The fourth-order valence-electron chi connectivity index (χ4n) is 3.24. The molecule has 21 heavy (non-hydrogen) atoms. The third-order valence-corrected chi connectivity index (χ3v) is 4.54. The molecule has 3 N–H and O–H groups in total. The van der Waals surface area contributed by atoms with E-state index in [-0.39, 0.29) is 6.04 Å². The highest BCUT2D eigenvalue weighted by Crippen LogP contribution is 2.30. The predicted molar refractivity (Wildman–Crippen MR) is 88.1 cm³/mol. The number of hydrogen-bond donors (Lipinski definition) is 2. The van der Waals surface area contributed by atoms with Crippen molar-refractivity contribution in [1.29, 1.82) is 0 Å². The van der Waals surface area contributed by atoms with Gasteiger partial charge in [0.05, 0.1) is 6.61 Å². The maximum atomic E-state index is 5.76. The average Bonchev–Trinajstić information content (AvgIpc) is 2.55. The van der Waals surface area contributed by atoms with E-state index in [0.717, 1.165) is 31.1 Å². The Morgan fingerprint density at radius 1 is 1.19 bits per heavy atom. The molecular formula is C18H30N2O. The quantitative estimate of drug-likeness (QED) is 0.553. The van der Waals surface area contributed by atoms with Gasteiger partial charge in [-0.15, -0.1) is 0 Å². The molecule has 2 rings (SSSR count). The fraction of sp³-hybridized carbons (Fsp3) is 0.667. The van der Waals surface area contributed by atoms with Gasteiger partial charge in [-0.05, 0) is 42.9 Å². The number of hydrogen-bond acceptors (Lipinski definition) is 3. The Hall–Kier alpha value is -1.06. The Labute approximate surface area is 129 Å². The molecule has 0 bridgehead atoms. The first-order chi connectivity index (χ1) is 10.3.